The largest absolute Gasteiger partial charge is 0.310 e. The maximum atomic E-state index is 4.41. The maximum Gasteiger partial charge on any atom is 0.0537 e. The molecule has 1 aliphatic rings. The van der Waals surface area contributed by atoms with Gasteiger partial charge in [-0.1, -0.05) is 20.3 Å². The summed E-state index contributed by atoms with van der Waals surface area (Å²) in [5.41, 5.74) is 1.36. The fraction of sp³-hybridized carbons (Fsp3) is 0.750. The topological polar surface area (TPSA) is 29.9 Å². The number of hydrogen-bond acceptors (Lipinski definition) is 2. The van der Waals surface area contributed by atoms with Crippen LogP contribution in [-0.4, -0.2) is 16.3 Å². The summed E-state index contributed by atoms with van der Waals surface area (Å²) in [6, 6.07) is 0.541. The van der Waals surface area contributed by atoms with Gasteiger partial charge >= 0.3 is 0 Å². The van der Waals surface area contributed by atoms with Gasteiger partial charge in [0.05, 0.1) is 6.20 Å². The van der Waals surface area contributed by atoms with Gasteiger partial charge < -0.3 is 5.32 Å². The molecule has 0 aliphatic carbocycles. The van der Waals surface area contributed by atoms with Gasteiger partial charge in [0.1, 0.15) is 0 Å². The zero-order chi connectivity index (χ0) is 10.7. The number of nitrogens with one attached hydrogen (secondary N) is 1. The average Bonchev–Trinajstić information content (AvgIpc) is 2.67. The summed E-state index contributed by atoms with van der Waals surface area (Å²) in [6.45, 7) is 6.62. The molecule has 1 N–H and O–H groups in total. The highest BCUT2D eigenvalue weighted by molar-refractivity contribution is 5.11. The Balaban J connectivity index is 1.99. The minimum atomic E-state index is 0.541. The minimum Gasteiger partial charge on any atom is -0.310 e. The molecule has 0 saturated carbocycles. The van der Waals surface area contributed by atoms with E-state index in [1.165, 1.54) is 24.8 Å². The van der Waals surface area contributed by atoms with Crippen molar-refractivity contribution in [1.29, 1.82) is 0 Å². The lowest BCUT2D eigenvalue weighted by molar-refractivity contribution is 0.411. The molecule has 1 aliphatic heterocycles. The van der Waals surface area contributed by atoms with Gasteiger partial charge in [0.25, 0.3) is 0 Å². The van der Waals surface area contributed by atoms with E-state index >= 15 is 0 Å². The summed E-state index contributed by atoms with van der Waals surface area (Å²) in [5.74, 6) is 0.664. The van der Waals surface area contributed by atoms with E-state index in [4.69, 9.17) is 0 Å². The summed E-state index contributed by atoms with van der Waals surface area (Å²) < 4.78 is 2.07. The lowest BCUT2D eigenvalue weighted by Crippen LogP contribution is -2.26. The van der Waals surface area contributed by atoms with Crippen molar-refractivity contribution < 1.29 is 0 Å². The number of hydrogen-bond donors (Lipinski definition) is 1. The first kappa shape index (κ1) is 10.7. The molecule has 3 nitrogen and oxygen atoms in total. The van der Waals surface area contributed by atoms with Crippen molar-refractivity contribution in [2.24, 2.45) is 5.92 Å². The van der Waals surface area contributed by atoms with Gasteiger partial charge in [0.15, 0.2) is 0 Å². The van der Waals surface area contributed by atoms with Crippen molar-refractivity contribution in [3.05, 3.63) is 18.0 Å². The van der Waals surface area contributed by atoms with Gasteiger partial charge in [-0.2, -0.15) is 5.10 Å². The second-order valence-corrected chi connectivity index (χ2v) is 4.89. The summed E-state index contributed by atoms with van der Waals surface area (Å²) in [5, 5.41) is 7.96. The summed E-state index contributed by atoms with van der Waals surface area (Å²) in [4.78, 5) is 0. The minimum absolute atomic E-state index is 0.541. The molecule has 1 unspecified atom stereocenters. The Bertz CT molecular complexity index is 298. The zero-order valence-corrected chi connectivity index (χ0v) is 9.74. The molecule has 2 rings (SSSR count). The smallest absolute Gasteiger partial charge is 0.0537 e. The maximum absolute atomic E-state index is 4.41. The van der Waals surface area contributed by atoms with Gasteiger partial charge in [-0.15, -0.1) is 0 Å². The van der Waals surface area contributed by atoms with Gasteiger partial charge in [0, 0.05) is 24.3 Å². The van der Waals surface area contributed by atoms with E-state index in [2.05, 4.69) is 35.1 Å². The number of aromatic nitrogens is 2. The quantitative estimate of drug-likeness (QED) is 0.824. The van der Waals surface area contributed by atoms with E-state index in [-0.39, 0.29) is 0 Å². The first-order valence-electron chi connectivity index (χ1n) is 6.01. The molecular formula is C12H21N3. The lowest BCUT2D eigenvalue weighted by Gasteiger charge is -2.22. The first-order chi connectivity index (χ1) is 7.25. The number of piperidine rings is 1. The Kier molecular flexibility index (Phi) is 3.41. The van der Waals surface area contributed by atoms with E-state index < -0.39 is 0 Å². The highest BCUT2D eigenvalue weighted by atomic mass is 15.3. The average molecular weight is 207 g/mol. The van der Waals surface area contributed by atoms with E-state index in [0.717, 1.165) is 13.1 Å². The van der Waals surface area contributed by atoms with Crippen molar-refractivity contribution in [2.75, 3.05) is 6.54 Å². The Morgan fingerprint density at radius 3 is 3.07 bits per heavy atom. The molecule has 15 heavy (non-hydrogen) atoms. The van der Waals surface area contributed by atoms with Crippen molar-refractivity contribution in [1.82, 2.24) is 15.1 Å². The van der Waals surface area contributed by atoms with Crippen LogP contribution in [0.25, 0.3) is 0 Å². The van der Waals surface area contributed by atoms with E-state index in [1.807, 2.05) is 6.20 Å². The third-order valence-corrected chi connectivity index (χ3v) is 2.92. The van der Waals surface area contributed by atoms with Crippen molar-refractivity contribution in [3.63, 3.8) is 0 Å². The Hall–Kier alpha value is -0.830. The lowest BCUT2D eigenvalue weighted by atomic mass is 10.0. The number of nitrogens with zero attached hydrogens (tertiary/aromatic N) is 2. The molecule has 0 spiro atoms. The first-order valence-corrected chi connectivity index (χ1v) is 6.01. The van der Waals surface area contributed by atoms with Crippen LogP contribution < -0.4 is 5.32 Å². The Morgan fingerprint density at radius 2 is 2.40 bits per heavy atom. The van der Waals surface area contributed by atoms with Crippen molar-refractivity contribution >= 4 is 0 Å². The van der Waals surface area contributed by atoms with Crippen LogP contribution in [0.4, 0.5) is 0 Å². The second kappa shape index (κ2) is 4.79. The molecule has 1 fully saturated rings. The van der Waals surface area contributed by atoms with Crippen LogP contribution in [0.5, 0.6) is 0 Å². The molecule has 0 amide bonds. The van der Waals surface area contributed by atoms with Crippen LogP contribution in [-0.2, 0) is 6.54 Å². The summed E-state index contributed by atoms with van der Waals surface area (Å²) >= 11 is 0. The monoisotopic (exact) mass is 207 g/mol. The highest BCUT2D eigenvalue weighted by Crippen LogP contribution is 2.22. The zero-order valence-electron chi connectivity index (χ0n) is 9.74. The summed E-state index contributed by atoms with van der Waals surface area (Å²) in [7, 11) is 0. The normalized spacial score (nSPS) is 22.2. The molecule has 0 aromatic carbocycles. The molecule has 1 atom stereocenters. The molecule has 1 aromatic heterocycles. The van der Waals surface area contributed by atoms with E-state index in [0.29, 0.717) is 12.0 Å². The van der Waals surface area contributed by atoms with Gasteiger partial charge in [-0.05, 0) is 25.3 Å². The predicted molar refractivity (Wildman–Crippen MR) is 61.7 cm³/mol. The van der Waals surface area contributed by atoms with Crippen molar-refractivity contribution in [3.8, 4) is 0 Å². The predicted octanol–water partition coefficient (Wildman–Crippen LogP) is 2.35. The molecule has 0 bridgehead atoms. The van der Waals surface area contributed by atoms with Crippen LogP contribution >= 0.6 is 0 Å². The van der Waals surface area contributed by atoms with Crippen LogP contribution in [0.1, 0.15) is 44.7 Å². The molecule has 2 heterocycles. The molecule has 84 valence electrons. The number of rotatable bonds is 3. The van der Waals surface area contributed by atoms with Crippen LogP contribution in [0, 0.1) is 5.92 Å². The van der Waals surface area contributed by atoms with E-state index in [9.17, 15) is 0 Å². The standard InChI is InChI=1S/C12H21N3/c1-10(2)8-15-9-11(7-14-15)12-5-3-4-6-13-12/h7,9-10,12-13H,3-6,8H2,1-2H3. The van der Waals surface area contributed by atoms with Gasteiger partial charge in [-0.3, -0.25) is 4.68 Å². The van der Waals surface area contributed by atoms with Crippen molar-refractivity contribution in [2.45, 2.75) is 45.7 Å². The van der Waals surface area contributed by atoms with E-state index in [1.54, 1.807) is 0 Å². The Morgan fingerprint density at radius 1 is 1.53 bits per heavy atom. The Labute approximate surface area is 91.9 Å². The third-order valence-electron chi connectivity index (χ3n) is 2.92. The fourth-order valence-corrected chi connectivity index (χ4v) is 2.17. The fourth-order valence-electron chi connectivity index (χ4n) is 2.17. The third kappa shape index (κ3) is 2.81. The van der Waals surface area contributed by atoms with Gasteiger partial charge in [-0.25, -0.2) is 0 Å². The SMILES string of the molecule is CC(C)Cn1cc(C2CCCCN2)cn1. The van der Waals surface area contributed by atoms with Crippen LogP contribution in [0.15, 0.2) is 12.4 Å². The second-order valence-electron chi connectivity index (χ2n) is 4.89. The molecule has 3 heteroatoms. The molecular weight excluding hydrogens is 186 g/mol. The van der Waals surface area contributed by atoms with Gasteiger partial charge in [0.2, 0.25) is 0 Å². The van der Waals surface area contributed by atoms with Crippen LogP contribution in [0.3, 0.4) is 0 Å². The molecule has 1 saturated heterocycles. The molecule has 0 radical (unpaired) electrons. The highest BCUT2D eigenvalue weighted by Gasteiger charge is 2.16. The van der Waals surface area contributed by atoms with Crippen LogP contribution in [0.2, 0.25) is 0 Å². The summed E-state index contributed by atoms with van der Waals surface area (Å²) in [6.07, 6.45) is 8.13. The molecule has 1 aromatic rings.